The van der Waals surface area contributed by atoms with Crippen LogP contribution in [0, 0.1) is 0 Å². The van der Waals surface area contributed by atoms with Crippen molar-refractivity contribution in [3.8, 4) is 0 Å². The minimum Gasteiger partial charge on any atom is -0.281 e. The molecule has 1 nitrogen and oxygen atoms in total. The van der Waals surface area contributed by atoms with Gasteiger partial charge < -0.3 is 0 Å². The highest BCUT2D eigenvalue weighted by Gasteiger charge is 2.00. The first-order valence-electron chi connectivity index (χ1n) is 1.23. The van der Waals surface area contributed by atoms with Crippen molar-refractivity contribution in [3.05, 3.63) is 0 Å². The molecule has 1 unspecified atom stereocenters. The standard InChI is InChI=1S/C2HBBrClO/c3-1(4)2(5)6/h1H. The number of hydrogen-bond acceptors (Lipinski definition) is 1. The minimum atomic E-state index is -0.709. The van der Waals surface area contributed by atoms with E-state index in [0.717, 1.165) is 0 Å². The maximum absolute atomic E-state index is 9.74. The Morgan fingerprint density at radius 2 is 2.17 bits per heavy atom. The fraction of sp³-hybridized carbons (Fsp3) is 0.500. The number of rotatable bonds is 1. The molecule has 0 saturated carbocycles. The molecule has 6 heavy (non-hydrogen) atoms. The predicted octanol–water partition coefficient (Wildman–Crippen LogP) is 0.641. The van der Waals surface area contributed by atoms with E-state index < -0.39 is 9.97 Å². The molecular formula is C2HBBrClO. The molecule has 0 aliphatic rings. The van der Waals surface area contributed by atoms with E-state index in [0.29, 0.717) is 0 Å². The van der Waals surface area contributed by atoms with Gasteiger partial charge in [-0.2, -0.15) is 0 Å². The predicted molar refractivity (Wildman–Crippen MR) is 29.3 cm³/mol. The van der Waals surface area contributed by atoms with E-state index in [9.17, 15) is 4.79 Å². The van der Waals surface area contributed by atoms with Crippen LogP contribution in [0.15, 0.2) is 0 Å². The summed E-state index contributed by atoms with van der Waals surface area (Å²) >= 11 is 7.54. The molecule has 0 aliphatic heterocycles. The van der Waals surface area contributed by atoms with Crippen LogP contribution in [0.3, 0.4) is 0 Å². The summed E-state index contributed by atoms with van der Waals surface area (Å²) in [5, 5.41) is -0.574. The molecule has 0 aliphatic carbocycles. The molecule has 0 rings (SSSR count). The molecule has 0 bridgehead atoms. The number of halogens is 2. The van der Waals surface area contributed by atoms with Crippen LogP contribution in [0.4, 0.5) is 0 Å². The zero-order valence-electron chi connectivity index (χ0n) is 2.82. The van der Waals surface area contributed by atoms with Crippen LogP contribution in [0.5, 0.6) is 0 Å². The smallest absolute Gasteiger partial charge is 0.226 e. The van der Waals surface area contributed by atoms with Gasteiger partial charge in [-0.3, -0.25) is 4.79 Å². The summed E-state index contributed by atoms with van der Waals surface area (Å²) in [5.74, 6) is 0. The number of carbonyl (C=O) groups is 1. The monoisotopic (exact) mass is 166 g/mol. The van der Waals surface area contributed by atoms with E-state index in [2.05, 4.69) is 15.9 Å². The summed E-state index contributed by atoms with van der Waals surface area (Å²) in [6.07, 6.45) is 0. The lowest BCUT2D eigenvalue weighted by molar-refractivity contribution is -0.110. The van der Waals surface area contributed by atoms with Gasteiger partial charge in [0.25, 0.3) is 0 Å². The Labute approximate surface area is 50.6 Å². The first-order valence-corrected chi connectivity index (χ1v) is 2.53. The van der Waals surface area contributed by atoms with Crippen molar-refractivity contribution in [2.24, 2.45) is 0 Å². The maximum Gasteiger partial charge on any atom is 0.226 e. The van der Waals surface area contributed by atoms with Crippen molar-refractivity contribution < 1.29 is 4.79 Å². The van der Waals surface area contributed by atoms with E-state index in [1.807, 2.05) is 0 Å². The van der Waals surface area contributed by atoms with Gasteiger partial charge in [-0.15, -0.1) is 0 Å². The molecule has 1 atom stereocenters. The first-order chi connectivity index (χ1) is 2.64. The lowest BCUT2D eigenvalue weighted by Crippen LogP contribution is -2.04. The Morgan fingerprint density at radius 1 is 2.00 bits per heavy atom. The molecule has 0 aromatic carbocycles. The van der Waals surface area contributed by atoms with Crippen LogP contribution >= 0.6 is 27.5 Å². The highest BCUT2D eigenvalue weighted by molar-refractivity contribution is 9.10. The molecule has 0 amide bonds. The Bertz CT molecular complexity index is 64.6. The highest BCUT2D eigenvalue weighted by atomic mass is 79.9. The van der Waals surface area contributed by atoms with Crippen LogP contribution in [0.2, 0.25) is 0 Å². The largest absolute Gasteiger partial charge is 0.281 e. The average Bonchev–Trinajstić information content (AvgIpc) is 1.36. The van der Waals surface area contributed by atoms with Crippen molar-refractivity contribution in [1.82, 2.24) is 0 Å². The highest BCUT2D eigenvalue weighted by Crippen LogP contribution is 1.96. The van der Waals surface area contributed by atoms with Gasteiger partial charge in [0.2, 0.25) is 5.24 Å². The molecule has 0 N–H and O–H groups in total. The van der Waals surface area contributed by atoms with Crippen LogP contribution < -0.4 is 0 Å². The van der Waals surface area contributed by atoms with E-state index in [1.165, 1.54) is 0 Å². The normalized spacial score (nSPS) is 13.7. The minimum absolute atomic E-state index is 0.574. The Morgan fingerprint density at radius 3 is 2.17 bits per heavy atom. The molecule has 0 spiro atoms. The third-order valence-corrected chi connectivity index (χ3v) is 1.13. The van der Waals surface area contributed by atoms with Crippen LogP contribution in [0.25, 0.3) is 0 Å². The number of hydrogen-bond donors (Lipinski definition) is 0. The van der Waals surface area contributed by atoms with Crippen LogP contribution in [0.1, 0.15) is 0 Å². The van der Waals surface area contributed by atoms with E-state index in [1.54, 1.807) is 0 Å². The van der Waals surface area contributed by atoms with Crippen LogP contribution in [-0.4, -0.2) is 17.8 Å². The van der Waals surface area contributed by atoms with Crippen molar-refractivity contribution in [3.63, 3.8) is 0 Å². The average molecular weight is 167 g/mol. The molecule has 2 radical (unpaired) electrons. The summed E-state index contributed by atoms with van der Waals surface area (Å²) in [7, 11) is 4.87. The van der Waals surface area contributed by atoms with Crippen molar-refractivity contribution in [2.75, 3.05) is 0 Å². The third-order valence-electron chi connectivity index (χ3n) is 0.217. The lowest BCUT2D eigenvalue weighted by atomic mass is 10.1. The SMILES string of the molecule is [B]C(Br)C(=O)Cl. The maximum atomic E-state index is 9.74. The molecule has 0 aromatic heterocycles. The first kappa shape index (κ1) is 6.50. The van der Waals surface area contributed by atoms with Gasteiger partial charge in [0, 0.05) is 4.73 Å². The van der Waals surface area contributed by atoms with Crippen LogP contribution in [-0.2, 0) is 4.79 Å². The van der Waals surface area contributed by atoms with Crippen molar-refractivity contribution in [1.29, 1.82) is 0 Å². The lowest BCUT2D eigenvalue weighted by Gasteiger charge is -1.85. The van der Waals surface area contributed by atoms with Gasteiger partial charge in [0.05, 0.1) is 7.85 Å². The molecule has 4 heteroatoms. The van der Waals surface area contributed by atoms with Crippen molar-refractivity contribution in [2.45, 2.75) is 4.73 Å². The third kappa shape index (κ3) is 2.73. The second-order valence-electron chi connectivity index (χ2n) is 0.706. The zero-order chi connectivity index (χ0) is 5.15. The Kier molecular flexibility index (Phi) is 2.86. The van der Waals surface area contributed by atoms with E-state index >= 15 is 0 Å². The summed E-state index contributed by atoms with van der Waals surface area (Å²) in [5.41, 5.74) is 0. The summed E-state index contributed by atoms with van der Waals surface area (Å²) < 4.78 is -0.709. The Hall–Kier alpha value is 0.505. The molecular weight excluding hydrogens is 166 g/mol. The fourth-order valence-corrected chi connectivity index (χ4v) is 0. The zero-order valence-corrected chi connectivity index (χ0v) is 5.16. The van der Waals surface area contributed by atoms with Gasteiger partial charge in [-0.1, -0.05) is 15.9 Å². The molecule has 0 heterocycles. The molecule has 0 saturated heterocycles. The summed E-state index contributed by atoms with van der Waals surface area (Å²) in [4.78, 5) is 9.74. The van der Waals surface area contributed by atoms with E-state index in [-0.39, 0.29) is 0 Å². The molecule has 32 valence electrons. The van der Waals surface area contributed by atoms with Gasteiger partial charge in [-0.25, -0.2) is 0 Å². The van der Waals surface area contributed by atoms with E-state index in [4.69, 9.17) is 19.4 Å². The topological polar surface area (TPSA) is 17.1 Å². The Balaban J connectivity index is 3.26. The van der Waals surface area contributed by atoms with Gasteiger partial charge in [0.1, 0.15) is 0 Å². The van der Waals surface area contributed by atoms with Gasteiger partial charge >= 0.3 is 0 Å². The fourth-order valence-electron chi connectivity index (χ4n) is 0. The molecule has 0 aromatic rings. The van der Waals surface area contributed by atoms with Crippen molar-refractivity contribution >= 4 is 40.6 Å². The quantitative estimate of drug-likeness (QED) is 0.318. The number of carbonyl (C=O) groups excluding carboxylic acids is 1. The number of alkyl halides is 1. The second-order valence-corrected chi connectivity index (χ2v) is 2.06. The summed E-state index contributed by atoms with van der Waals surface area (Å²) in [6.45, 7) is 0. The second kappa shape index (κ2) is 2.64. The van der Waals surface area contributed by atoms with Gasteiger partial charge in [-0.05, 0) is 11.6 Å². The van der Waals surface area contributed by atoms with Gasteiger partial charge in [0.15, 0.2) is 0 Å². The summed E-state index contributed by atoms with van der Waals surface area (Å²) in [6, 6.07) is 0. The molecule has 0 fully saturated rings.